The highest BCUT2D eigenvalue weighted by Gasteiger charge is 2.13. The lowest BCUT2D eigenvalue weighted by molar-refractivity contribution is -0.385. The number of nitro benzene ring substituents is 1. The molecule has 0 saturated carbocycles. The Balaban J connectivity index is 2.54. The molecule has 0 radical (unpaired) electrons. The highest BCUT2D eigenvalue weighted by molar-refractivity contribution is 7.88. The molecule has 0 aliphatic carbocycles. The number of nitro groups is 1. The number of rotatable bonds is 7. The van der Waals surface area contributed by atoms with Crippen LogP contribution in [0.2, 0.25) is 0 Å². The monoisotopic (exact) mass is 298 g/mol. The van der Waals surface area contributed by atoms with Gasteiger partial charge in [0.05, 0.1) is 11.2 Å². The first-order valence-electron chi connectivity index (χ1n) is 5.70. The van der Waals surface area contributed by atoms with Crippen molar-refractivity contribution in [2.24, 2.45) is 0 Å². The Labute approximate surface area is 116 Å². The predicted molar refractivity (Wildman–Crippen MR) is 73.8 cm³/mol. The molecular formula is C11H14N4O4S. The number of nitrogens with zero attached hydrogens (tertiary/aromatic N) is 2. The minimum atomic E-state index is -3.19. The van der Waals surface area contributed by atoms with Crippen LogP contribution in [-0.2, 0) is 10.0 Å². The number of nitriles is 1. The second kappa shape index (κ2) is 6.83. The van der Waals surface area contributed by atoms with Crippen LogP contribution in [0.1, 0.15) is 12.0 Å². The van der Waals surface area contributed by atoms with Gasteiger partial charge in [0.2, 0.25) is 10.0 Å². The SMILES string of the molecule is CS(=O)(=O)NCCCNc1ccc([N+](=O)[O-])c(C#N)c1. The van der Waals surface area contributed by atoms with Crippen molar-refractivity contribution in [3.8, 4) is 6.07 Å². The van der Waals surface area contributed by atoms with E-state index in [4.69, 9.17) is 5.26 Å². The zero-order valence-electron chi connectivity index (χ0n) is 10.8. The van der Waals surface area contributed by atoms with Crippen molar-refractivity contribution in [3.63, 3.8) is 0 Å². The van der Waals surface area contributed by atoms with Gasteiger partial charge in [0.15, 0.2) is 0 Å². The van der Waals surface area contributed by atoms with E-state index in [1.807, 2.05) is 0 Å². The van der Waals surface area contributed by atoms with E-state index in [1.165, 1.54) is 18.2 Å². The fraction of sp³-hybridized carbons (Fsp3) is 0.364. The topological polar surface area (TPSA) is 125 Å². The fourth-order valence-corrected chi connectivity index (χ4v) is 1.99. The summed E-state index contributed by atoms with van der Waals surface area (Å²) < 4.78 is 24.0. The minimum absolute atomic E-state index is 0.0192. The molecule has 0 fully saturated rings. The number of nitrogens with one attached hydrogen (secondary N) is 2. The number of hydrogen-bond acceptors (Lipinski definition) is 6. The van der Waals surface area contributed by atoms with Gasteiger partial charge < -0.3 is 5.32 Å². The molecule has 0 aromatic heterocycles. The first-order chi connectivity index (χ1) is 9.33. The standard InChI is InChI=1S/C11H14N4O4S/c1-20(18,19)14-6-2-5-13-10-3-4-11(15(16)17)9(7-10)8-12/h3-4,7,13-14H,2,5-6H2,1H3. The third-order valence-corrected chi connectivity index (χ3v) is 3.09. The fourth-order valence-electron chi connectivity index (χ4n) is 1.47. The summed E-state index contributed by atoms with van der Waals surface area (Å²) in [6, 6.07) is 5.92. The van der Waals surface area contributed by atoms with Gasteiger partial charge in [-0.3, -0.25) is 10.1 Å². The molecule has 0 amide bonds. The van der Waals surface area contributed by atoms with Crippen LogP contribution in [0.5, 0.6) is 0 Å². The summed E-state index contributed by atoms with van der Waals surface area (Å²) >= 11 is 0. The smallest absolute Gasteiger partial charge is 0.287 e. The lowest BCUT2D eigenvalue weighted by Crippen LogP contribution is -2.24. The molecule has 1 aromatic carbocycles. The van der Waals surface area contributed by atoms with Crippen LogP contribution in [0, 0.1) is 21.4 Å². The van der Waals surface area contributed by atoms with E-state index >= 15 is 0 Å². The summed E-state index contributed by atoms with van der Waals surface area (Å²) in [6.07, 6.45) is 1.63. The molecule has 0 bridgehead atoms. The number of anilines is 1. The maximum Gasteiger partial charge on any atom is 0.287 e. The maximum atomic E-state index is 10.8. The van der Waals surface area contributed by atoms with Crippen LogP contribution in [0.4, 0.5) is 11.4 Å². The van der Waals surface area contributed by atoms with Gasteiger partial charge in [-0.2, -0.15) is 5.26 Å². The molecule has 2 N–H and O–H groups in total. The van der Waals surface area contributed by atoms with Crippen molar-refractivity contribution in [1.29, 1.82) is 5.26 Å². The van der Waals surface area contributed by atoms with Gasteiger partial charge in [0.25, 0.3) is 5.69 Å². The van der Waals surface area contributed by atoms with E-state index in [2.05, 4.69) is 10.0 Å². The average Bonchev–Trinajstić information content (AvgIpc) is 2.36. The third-order valence-electron chi connectivity index (χ3n) is 2.36. The molecule has 0 atom stereocenters. The van der Waals surface area contributed by atoms with Crippen molar-refractivity contribution in [2.75, 3.05) is 24.7 Å². The van der Waals surface area contributed by atoms with E-state index in [0.29, 0.717) is 25.2 Å². The van der Waals surface area contributed by atoms with Crippen molar-refractivity contribution >= 4 is 21.4 Å². The van der Waals surface area contributed by atoms with Gasteiger partial charge in [-0.15, -0.1) is 0 Å². The normalized spacial score (nSPS) is 10.8. The second-order valence-electron chi connectivity index (χ2n) is 4.05. The van der Waals surface area contributed by atoms with Gasteiger partial charge in [-0.05, 0) is 18.6 Å². The molecule has 20 heavy (non-hydrogen) atoms. The molecule has 1 aromatic rings. The highest BCUT2D eigenvalue weighted by Crippen LogP contribution is 2.21. The molecule has 108 valence electrons. The Morgan fingerprint density at radius 3 is 2.65 bits per heavy atom. The van der Waals surface area contributed by atoms with E-state index < -0.39 is 14.9 Å². The van der Waals surface area contributed by atoms with Crippen LogP contribution in [0.25, 0.3) is 0 Å². The number of hydrogen-bond donors (Lipinski definition) is 2. The summed E-state index contributed by atoms with van der Waals surface area (Å²) in [6.45, 7) is 0.773. The van der Waals surface area contributed by atoms with Crippen LogP contribution in [-0.4, -0.2) is 32.7 Å². The van der Waals surface area contributed by atoms with Crippen molar-refractivity contribution in [2.45, 2.75) is 6.42 Å². The number of sulfonamides is 1. The molecular weight excluding hydrogens is 284 g/mol. The quantitative estimate of drug-likeness (QED) is 0.436. The van der Waals surface area contributed by atoms with Gasteiger partial charge in [0.1, 0.15) is 11.6 Å². The molecule has 0 heterocycles. The highest BCUT2D eigenvalue weighted by atomic mass is 32.2. The third kappa shape index (κ3) is 5.21. The van der Waals surface area contributed by atoms with Gasteiger partial charge >= 0.3 is 0 Å². The lowest BCUT2D eigenvalue weighted by Gasteiger charge is -2.07. The maximum absolute atomic E-state index is 10.8. The minimum Gasteiger partial charge on any atom is -0.385 e. The molecule has 8 nitrogen and oxygen atoms in total. The Morgan fingerprint density at radius 2 is 2.10 bits per heavy atom. The summed E-state index contributed by atoms with van der Waals surface area (Å²) in [5, 5.41) is 22.4. The van der Waals surface area contributed by atoms with Crippen LogP contribution in [0.3, 0.4) is 0 Å². The molecule has 0 aliphatic rings. The van der Waals surface area contributed by atoms with E-state index in [1.54, 1.807) is 6.07 Å². The molecule has 1 rings (SSSR count). The molecule has 0 spiro atoms. The van der Waals surface area contributed by atoms with Crippen LogP contribution < -0.4 is 10.0 Å². The Hall–Kier alpha value is -2.18. The summed E-state index contributed by atoms with van der Waals surface area (Å²) in [4.78, 5) is 10.0. The summed E-state index contributed by atoms with van der Waals surface area (Å²) in [5.74, 6) is 0. The van der Waals surface area contributed by atoms with Crippen LogP contribution >= 0.6 is 0 Å². The largest absolute Gasteiger partial charge is 0.385 e. The Kier molecular flexibility index (Phi) is 5.42. The van der Waals surface area contributed by atoms with Crippen molar-refractivity contribution < 1.29 is 13.3 Å². The second-order valence-corrected chi connectivity index (χ2v) is 5.88. The van der Waals surface area contributed by atoms with Gasteiger partial charge in [0, 0.05) is 24.8 Å². The first kappa shape index (κ1) is 15.9. The summed E-state index contributed by atoms with van der Waals surface area (Å²) in [7, 11) is -3.19. The Bertz CT molecular complexity index is 636. The Morgan fingerprint density at radius 1 is 1.40 bits per heavy atom. The molecule has 0 unspecified atom stereocenters. The summed E-state index contributed by atoms with van der Waals surface area (Å²) in [5.41, 5.74) is 0.317. The van der Waals surface area contributed by atoms with E-state index in [-0.39, 0.29) is 11.3 Å². The molecule has 0 aliphatic heterocycles. The van der Waals surface area contributed by atoms with Gasteiger partial charge in [-0.1, -0.05) is 0 Å². The van der Waals surface area contributed by atoms with Crippen molar-refractivity contribution in [1.82, 2.24) is 4.72 Å². The van der Waals surface area contributed by atoms with E-state index in [9.17, 15) is 18.5 Å². The molecule has 0 saturated heterocycles. The zero-order valence-corrected chi connectivity index (χ0v) is 11.6. The van der Waals surface area contributed by atoms with Gasteiger partial charge in [-0.25, -0.2) is 13.1 Å². The predicted octanol–water partition coefficient (Wildman–Crippen LogP) is 0.818. The first-order valence-corrected chi connectivity index (χ1v) is 7.59. The average molecular weight is 298 g/mol. The number of benzene rings is 1. The zero-order chi connectivity index (χ0) is 15.2. The molecule has 9 heteroatoms. The lowest BCUT2D eigenvalue weighted by atomic mass is 10.1. The van der Waals surface area contributed by atoms with Crippen molar-refractivity contribution in [3.05, 3.63) is 33.9 Å². The van der Waals surface area contributed by atoms with Crippen LogP contribution in [0.15, 0.2) is 18.2 Å². The van der Waals surface area contributed by atoms with E-state index in [0.717, 1.165) is 6.26 Å².